The third kappa shape index (κ3) is 5.93. The summed E-state index contributed by atoms with van der Waals surface area (Å²) in [4.78, 5) is 28.2. The molecule has 4 rings (SSSR count). The van der Waals surface area contributed by atoms with Crippen molar-refractivity contribution in [1.29, 1.82) is 0 Å². The van der Waals surface area contributed by atoms with Crippen molar-refractivity contribution in [1.82, 2.24) is 20.3 Å². The average molecular weight is 529 g/mol. The number of pyridine rings is 1. The van der Waals surface area contributed by atoms with Crippen LogP contribution >= 0.6 is 11.6 Å². The predicted molar refractivity (Wildman–Crippen MR) is 139 cm³/mol. The predicted octanol–water partition coefficient (Wildman–Crippen LogP) is 3.89. The fraction of sp³-hybridized carbons (Fsp3) is 0.360. The van der Waals surface area contributed by atoms with E-state index in [4.69, 9.17) is 11.6 Å². The van der Waals surface area contributed by atoms with Gasteiger partial charge in [0.1, 0.15) is 5.82 Å². The van der Waals surface area contributed by atoms with Gasteiger partial charge in [0, 0.05) is 49.2 Å². The molecule has 2 N–H and O–H groups in total. The smallest absolute Gasteiger partial charge is 0.254 e. The minimum Gasteiger partial charge on any atom is -0.363 e. The Balaban J connectivity index is 1.41. The summed E-state index contributed by atoms with van der Waals surface area (Å²) in [6.07, 6.45) is 4.50. The Hall–Kier alpha value is -3.24. The molecule has 0 aliphatic heterocycles. The Morgan fingerprint density at radius 3 is 2.36 bits per heavy atom. The van der Waals surface area contributed by atoms with Gasteiger partial charge in [0.2, 0.25) is 15.8 Å². The molecule has 0 radical (unpaired) electrons. The molecule has 0 spiro atoms. The summed E-state index contributed by atoms with van der Waals surface area (Å²) in [5.74, 6) is 0.982. The van der Waals surface area contributed by atoms with Gasteiger partial charge in [0.05, 0.1) is 10.5 Å². The lowest BCUT2D eigenvalue weighted by Crippen LogP contribution is -2.40. The summed E-state index contributed by atoms with van der Waals surface area (Å²) in [6, 6.07) is 10.9. The number of carbonyl (C=O) groups excluding carboxylic acids is 1. The number of hydrogen-bond donors (Lipinski definition) is 2. The molecule has 1 aromatic carbocycles. The highest BCUT2D eigenvalue weighted by Gasteiger charge is 2.28. The van der Waals surface area contributed by atoms with Crippen molar-refractivity contribution in [3.8, 4) is 0 Å². The highest BCUT2D eigenvalue weighted by atomic mass is 35.5. The molecule has 2 aromatic heterocycles. The molecule has 190 valence electrons. The van der Waals surface area contributed by atoms with Crippen LogP contribution in [0.5, 0.6) is 0 Å². The summed E-state index contributed by atoms with van der Waals surface area (Å²) in [6.45, 7) is 1.94. The zero-order valence-electron chi connectivity index (χ0n) is 20.4. The Morgan fingerprint density at radius 2 is 1.69 bits per heavy atom. The first-order valence-electron chi connectivity index (χ1n) is 11.7. The summed E-state index contributed by atoms with van der Waals surface area (Å²) in [5, 5.41) is 6.56. The molecule has 1 amide bonds. The molecular weight excluding hydrogens is 500 g/mol. The number of nitrogens with zero attached hydrogens (tertiary/aromatic N) is 4. The van der Waals surface area contributed by atoms with Gasteiger partial charge in [-0.3, -0.25) is 4.79 Å². The third-order valence-corrected chi connectivity index (χ3v) is 8.07. The van der Waals surface area contributed by atoms with E-state index in [2.05, 4.69) is 25.6 Å². The number of aromatic nitrogens is 3. The molecule has 1 saturated carbocycles. The van der Waals surface area contributed by atoms with Crippen molar-refractivity contribution in [3.05, 3.63) is 64.9 Å². The number of carbonyl (C=O) groups is 1. The van der Waals surface area contributed by atoms with E-state index in [1.165, 1.54) is 36.5 Å². The van der Waals surface area contributed by atoms with Gasteiger partial charge in [0.15, 0.2) is 5.03 Å². The minimum atomic E-state index is -3.99. The Kier molecular flexibility index (Phi) is 7.75. The van der Waals surface area contributed by atoms with Crippen molar-refractivity contribution in [3.63, 3.8) is 0 Å². The molecule has 1 aliphatic rings. The molecule has 0 unspecified atom stereocenters. The normalized spacial score (nSPS) is 17.9. The van der Waals surface area contributed by atoms with Gasteiger partial charge in [-0.1, -0.05) is 11.6 Å². The number of aryl methyl sites for hydroxylation is 1. The summed E-state index contributed by atoms with van der Waals surface area (Å²) in [5.41, 5.74) is 0.912. The zero-order valence-corrected chi connectivity index (χ0v) is 22.0. The van der Waals surface area contributed by atoms with Crippen LogP contribution in [0.1, 0.15) is 41.7 Å². The largest absolute Gasteiger partial charge is 0.363 e. The van der Waals surface area contributed by atoms with E-state index >= 15 is 0 Å². The van der Waals surface area contributed by atoms with E-state index < -0.39 is 15.7 Å². The van der Waals surface area contributed by atoms with Crippen molar-refractivity contribution >= 4 is 39.1 Å². The molecular formula is C25H29ClN6O3S. The number of benzene rings is 1. The number of amides is 1. The molecule has 3 aromatic rings. The zero-order chi connectivity index (χ0) is 25.9. The van der Waals surface area contributed by atoms with Crippen molar-refractivity contribution in [2.45, 2.75) is 54.6 Å². The van der Waals surface area contributed by atoms with Crippen LogP contribution in [0, 0.1) is 6.92 Å². The first-order valence-corrected chi connectivity index (χ1v) is 13.6. The van der Waals surface area contributed by atoms with Crippen LogP contribution in [-0.4, -0.2) is 55.5 Å². The summed E-state index contributed by atoms with van der Waals surface area (Å²) >= 11 is 5.89. The first-order chi connectivity index (χ1) is 17.1. The van der Waals surface area contributed by atoms with Crippen LogP contribution < -0.4 is 15.5 Å². The van der Waals surface area contributed by atoms with Crippen LogP contribution in [0.25, 0.3) is 0 Å². The fourth-order valence-corrected chi connectivity index (χ4v) is 5.67. The fourth-order valence-electron chi connectivity index (χ4n) is 4.18. The van der Waals surface area contributed by atoms with Crippen LogP contribution in [0.15, 0.2) is 58.6 Å². The van der Waals surface area contributed by atoms with Crippen LogP contribution in [0.2, 0.25) is 5.02 Å². The SMILES string of the molecule is Cc1cc(N(C)C)nc(NC2CCC(NC(=O)c3cccnc3S(=O)(=O)c3ccc(Cl)cc3)CC2)n1. The van der Waals surface area contributed by atoms with Gasteiger partial charge in [-0.25, -0.2) is 18.4 Å². The molecule has 36 heavy (non-hydrogen) atoms. The van der Waals surface area contributed by atoms with Gasteiger partial charge in [-0.2, -0.15) is 4.98 Å². The molecule has 1 aliphatic carbocycles. The lowest BCUT2D eigenvalue weighted by molar-refractivity contribution is 0.0922. The second-order valence-corrected chi connectivity index (χ2v) is 11.4. The Morgan fingerprint density at radius 1 is 1.03 bits per heavy atom. The van der Waals surface area contributed by atoms with E-state index in [0.717, 1.165) is 37.2 Å². The number of hydrogen-bond acceptors (Lipinski definition) is 8. The van der Waals surface area contributed by atoms with Crippen molar-refractivity contribution < 1.29 is 13.2 Å². The topological polar surface area (TPSA) is 117 Å². The Labute approximate surface area is 216 Å². The van der Waals surface area contributed by atoms with E-state index in [-0.39, 0.29) is 27.6 Å². The number of rotatable bonds is 7. The third-order valence-electron chi connectivity index (χ3n) is 6.09. The lowest BCUT2D eigenvalue weighted by Gasteiger charge is -2.30. The average Bonchev–Trinajstić information content (AvgIpc) is 2.85. The second-order valence-electron chi connectivity index (χ2n) is 9.07. The van der Waals surface area contributed by atoms with E-state index in [1.807, 2.05) is 32.0 Å². The van der Waals surface area contributed by atoms with Crippen LogP contribution in [-0.2, 0) is 9.84 Å². The van der Waals surface area contributed by atoms with E-state index in [9.17, 15) is 13.2 Å². The molecule has 2 heterocycles. The van der Waals surface area contributed by atoms with Crippen molar-refractivity contribution in [2.24, 2.45) is 0 Å². The molecule has 1 fully saturated rings. The first kappa shape index (κ1) is 25.8. The highest BCUT2D eigenvalue weighted by molar-refractivity contribution is 7.91. The maximum atomic E-state index is 13.2. The lowest BCUT2D eigenvalue weighted by atomic mass is 9.91. The quantitative estimate of drug-likeness (QED) is 0.474. The molecule has 0 atom stereocenters. The monoisotopic (exact) mass is 528 g/mol. The molecule has 9 nitrogen and oxygen atoms in total. The standard InChI is InChI=1S/C25H29ClN6O3S/c1-16-15-22(32(2)3)31-25(28-16)30-19-10-8-18(9-11-19)29-23(33)21-5-4-14-27-24(21)36(34,35)20-12-6-17(26)7-13-20/h4-7,12-15,18-19H,8-11H2,1-3H3,(H,29,33)(H,28,30,31). The number of sulfone groups is 1. The van der Waals surface area contributed by atoms with Crippen LogP contribution in [0.3, 0.4) is 0 Å². The van der Waals surface area contributed by atoms with E-state index in [0.29, 0.717) is 11.0 Å². The number of halogens is 1. The summed E-state index contributed by atoms with van der Waals surface area (Å²) < 4.78 is 26.3. The van der Waals surface area contributed by atoms with Gasteiger partial charge in [-0.15, -0.1) is 0 Å². The highest BCUT2D eigenvalue weighted by Crippen LogP contribution is 2.26. The van der Waals surface area contributed by atoms with Crippen molar-refractivity contribution in [2.75, 3.05) is 24.3 Å². The molecule has 11 heteroatoms. The number of nitrogens with one attached hydrogen (secondary N) is 2. The number of anilines is 2. The van der Waals surface area contributed by atoms with Gasteiger partial charge in [0.25, 0.3) is 5.91 Å². The van der Waals surface area contributed by atoms with Gasteiger partial charge < -0.3 is 15.5 Å². The maximum Gasteiger partial charge on any atom is 0.254 e. The minimum absolute atomic E-state index is 0.0251. The van der Waals surface area contributed by atoms with Crippen LogP contribution in [0.4, 0.5) is 11.8 Å². The second kappa shape index (κ2) is 10.8. The molecule has 0 bridgehead atoms. The molecule has 0 saturated heterocycles. The maximum absolute atomic E-state index is 13.2. The summed E-state index contributed by atoms with van der Waals surface area (Å²) in [7, 11) is -0.110. The Bertz CT molecular complexity index is 1340. The van der Waals surface area contributed by atoms with Gasteiger partial charge in [-0.05, 0) is 69.0 Å². The van der Waals surface area contributed by atoms with E-state index in [1.54, 1.807) is 6.07 Å². The van der Waals surface area contributed by atoms with Gasteiger partial charge >= 0.3 is 0 Å².